The Morgan fingerprint density at radius 3 is 2.50 bits per heavy atom. The Labute approximate surface area is 189 Å². The third-order valence-electron chi connectivity index (χ3n) is 5.82. The van der Waals surface area contributed by atoms with E-state index in [4.69, 9.17) is 21.7 Å². The highest BCUT2D eigenvalue weighted by molar-refractivity contribution is 6.28. The second kappa shape index (κ2) is 9.60. The van der Waals surface area contributed by atoms with E-state index in [9.17, 15) is 13.2 Å². The Bertz CT molecular complexity index is 959. The van der Waals surface area contributed by atoms with Crippen LogP contribution in [0.25, 0.3) is 0 Å². The lowest BCUT2D eigenvalue weighted by Gasteiger charge is -2.40. The molecule has 2 aromatic rings. The quantitative estimate of drug-likeness (QED) is 0.506. The van der Waals surface area contributed by atoms with Crippen molar-refractivity contribution in [1.29, 1.82) is 5.41 Å². The minimum atomic E-state index is -4.46. The molecule has 172 valence electrons. The molecule has 0 radical (unpaired) electrons. The van der Waals surface area contributed by atoms with Crippen LogP contribution in [-0.4, -0.2) is 66.5 Å². The molecule has 0 saturated carbocycles. The van der Waals surface area contributed by atoms with Crippen molar-refractivity contribution >= 4 is 35.1 Å². The molecule has 2 saturated heterocycles. The lowest BCUT2D eigenvalue weighted by atomic mass is 10.0. The summed E-state index contributed by atoms with van der Waals surface area (Å²) in [5.41, 5.74) is -0.184. The molecule has 11 heteroatoms. The van der Waals surface area contributed by atoms with Gasteiger partial charge in [0.15, 0.2) is 0 Å². The fourth-order valence-corrected chi connectivity index (χ4v) is 4.36. The summed E-state index contributed by atoms with van der Waals surface area (Å²) in [7, 11) is 0. The van der Waals surface area contributed by atoms with Crippen LogP contribution < -0.4 is 10.2 Å². The van der Waals surface area contributed by atoms with Gasteiger partial charge in [-0.15, -0.1) is 0 Å². The van der Waals surface area contributed by atoms with Crippen molar-refractivity contribution in [3.63, 3.8) is 0 Å². The van der Waals surface area contributed by atoms with Crippen molar-refractivity contribution in [3.05, 3.63) is 40.7 Å². The Hall–Kier alpha value is -2.43. The second-order valence-electron chi connectivity index (χ2n) is 7.79. The van der Waals surface area contributed by atoms with Crippen molar-refractivity contribution in [3.8, 4) is 0 Å². The number of benzene rings is 1. The zero-order valence-electron chi connectivity index (χ0n) is 17.3. The average Bonchev–Trinajstić information content (AvgIpc) is 2.79. The van der Waals surface area contributed by atoms with Gasteiger partial charge in [-0.3, -0.25) is 4.90 Å². The summed E-state index contributed by atoms with van der Waals surface area (Å²) in [4.78, 5) is 13.0. The molecule has 0 unspecified atom stereocenters. The van der Waals surface area contributed by atoms with Gasteiger partial charge >= 0.3 is 6.18 Å². The first-order chi connectivity index (χ1) is 15.3. The van der Waals surface area contributed by atoms with Gasteiger partial charge in [-0.2, -0.15) is 23.1 Å². The van der Waals surface area contributed by atoms with Crippen LogP contribution in [0.1, 0.15) is 24.0 Å². The van der Waals surface area contributed by atoms with Crippen LogP contribution >= 0.6 is 11.6 Å². The van der Waals surface area contributed by atoms with Crippen LogP contribution in [0.5, 0.6) is 0 Å². The number of hydrogen-bond acceptors (Lipinski definition) is 7. The lowest BCUT2D eigenvalue weighted by molar-refractivity contribution is -0.137. The molecule has 4 rings (SSSR count). The number of aromatic nitrogens is 2. The molecule has 7 nitrogen and oxygen atoms in total. The Balaban J connectivity index is 1.54. The summed E-state index contributed by atoms with van der Waals surface area (Å²) in [5, 5.41) is 10.8. The summed E-state index contributed by atoms with van der Waals surface area (Å²) < 4.78 is 44.6. The van der Waals surface area contributed by atoms with E-state index in [0.717, 1.165) is 70.6 Å². The van der Waals surface area contributed by atoms with Gasteiger partial charge in [-0.25, -0.2) is 0 Å². The summed E-state index contributed by atoms with van der Waals surface area (Å²) in [6.07, 6.45) is -1.47. The van der Waals surface area contributed by atoms with Crippen LogP contribution in [-0.2, 0) is 10.9 Å². The molecule has 3 heterocycles. The monoisotopic (exact) mass is 468 g/mol. The number of halogens is 4. The Morgan fingerprint density at radius 1 is 1.12 bits per heavy atom. The minimum Gasteiger partial charge on any atom is -0.379 e. The third kappa shape index (κ3) is 5.13. The molecule has 0 spiro atoms. The van der Waals surface area contributed by atoms with E-state index in [2.05, 4.69) is 25.1 Å². The standard InChI is InChI=1S/C21H24ClF3N6O/c22-20-28-18(27-15-3-1-2-14(12-15)21(23,24)25)17(13-26)19(29-20)31-6-4-16(5-7-31)30-8-10-32-11-9-30/h1-3,12-13,16,26H,4-11H2,(H,27,28,29). The van der Waals surface area contributed by atoms with Gasteiger partial charge in [-0.1, -0.05) is 6.07 Å². The molecular formula is C21H24ClF3N6O. The van der Waals surface area contributed by atoms with Gasteiger partial charge < -0.3 is 20.4 Å². The molecule has 1 aromatic heterocycles. The van der Waals surface area contributed by atoms with Crippen molar-refractivity contribution in [2.75, 3.05) is 49.6 Å². The van der Waals surface area contributed by atoms with Crippen LogP contribution in [0.15, 0.2) is 24.3 Å². The highest BCUT2D eigenvalue weighted by Crippen LogP contribution is 2.33. The van der Waals surface area contributed by atoms with E-state index < -0.39 is 11.7 Å². The largest absolute Gasteiger partial charge is 0.416 e. The zero-order valence-corrected chi connectivity index (χ0v) is 18.1. The zero-order chi connectivity index (χ0) is 22.7. The van der Waals surface area contributed by atoms with Crippen molar-refractivity contribution in [2.45, 2.75) is 25.1 Å². The molecule has 0 amide bonds. The van der Waals surface area contributed by atoms with Gasteiger partial charge in [0.25, 0.3) is 0 Å². The Morgan fingerprint density at radius 2 is 1.84 bits per heavy atom. The van der Waals surface area contributed by atoms with Crippen LogP contribution in [0.3, 0.4) is 0 Å². The molecular weight excluding hydrogens is 445 g/mol. The number of nitrogens with zero attached hydrogens (tertiary/aromatic N) is 4. The molecule has 0 aliphatic carbocycles. The molecule has 0 bridgehead atoms. The average molecular weight is 469 g/mol. The number of ether oxygens (including phenoxy) is 1. The number of alkyl halides is 3. The molecule has 2 N–H and O–H groups in total. The van der Waals surface area contributed by atoms with Gasteiger partial charge in [0, 0.05) is 44.1 Å². The van der Waals surface area contributed by atoms with Gasteiger partial charge in [-0.05, 0) is 42.6 Å². The number of piperidine rings is 1. The lowest BCUT2D eigenvalue weighted by Crippen LogP contribution is -2.49. The summed E-state index contributed by atoms with van der Waals surface area (Å²) >= 11 is 6.15. The number of nitrogens with one attached hydrogen (secondary N) is 2. The first kappa shape index (κ1) is 22.8. The summed E-state index contributed by atoms with van der Waals surface area (Å²) in [6, 6.07) is 5.29. The molecule has 1 aromatic carbocycles. The van der Waals surface area contributed by atoms with Crippen LogP contribution in [0.2, 0.25) is 5.28 Å². The molecule has 2 aliphatic heterocycles. The first-order valence-electron chi connectivity index (χ1n) is 10.4. The second-order valence-corrected chi connectivity index (χ2v) is 8.13. The smallest absolute Gasteiger partial charge is 0.379 e. The molecule has 0 atom stereocenters. The summed E-state index contributed by atoms with van der Waals surface area (Å²) in [6.45, 7) is 4.84. The predicted octanol–water partition coefficient (Wildman–Crippen LogP) is 4.19. The van der Waals surface area contributed by atoms with E-state index in [1.165, 1.54) is 12.1 Å². The SMILES string of the molecule is N=Cc1c(Nc2cccc(C(F)(F)F)c2)nc(Cl)nc1N1CCC(N2CCOCC2)CC1. The van der Waals surface area contributed by atoms with Gasteiger partial charge in [0.05, 0.1) is 24.3 Å². The molecule has 2 aliphatic rings. The number of hydrogen-bond donors (Lipinski definition) is 2. The number of morpholine rings is 1. The predicted molar refractivity (Wildman–Crippen MR) is 117 cm³/mol. The fraction of sp³-hybridized carbons (Fsp3) is 0.476. The fourth-order valence-electron chi connectivity index (χ4n) is 4.20. The van der Waals surface area contributed by atoms with E-state index in [1.807, 2.05) is 0 Å². The molecule has 2 fully saturated rings. The molecule has 32 heavy (non-hydrogen) atoms. The van der Waals surface area contributed by atoms with Crippen LogP contribution in [0.4, 0.5) is 30.5 Å². The maximum atomic E-state index is 13.1. The highest BCUT2D eigenvalue weighted by atomic mass is 35.5. The topological polar surface area (TPSA) is 77.4 Å². The van der Waals surface area contributed by atoms with Gasteiger partial charge in [0.2, 0.25) is 5.28 Å². The first-order valence-corrected chi connectivity index (χ1v) is 10.8. The van der Waals surface area contributed by atoms with Crippen molar-refractivity contribution in [1.82, 2.24) is 14.9 Å². The van der Waals surface area contributed by atoms with Crippen LogP contribution in [0, 0.1) is 5.41 Å². The highest BCUT2D eigenvalue weighted by Gasteiger charge is 2.31. The Kier molecular flexibility index (Phi) is 6.82. The van der Waals surface area contributed by atoms with E-state index >= 15 is 0 Å². The number of anilines is 3. The van der Waals surface area contributed by atoms with Gasteiger partial charge in [0.1, 0.15) is 11.6 Å². The van der Waals surface area contributed by atoms with Crippen molar-refractivity contribution in [2.24, 2.45) is 0 Å². The van der Waals surface area contributed by atoms with E-state index in [1.54, 1.807) is 0 Å². The number of rotatable bonds is 5. The maximum absolute atomic E-state index is 13.1. The maximum Gasteiger partial charge on any atom is 0.416 e. The third-order valence-corrected chi connectivity index (χ3v) is 5.99. The van der Waals surface area contributed by atoms with Crippen molar-refractivity contribution < 1.29 is 17.9 Å². The summed E-state index contributed by atoms with van der Waals surface area (Å²) in [5.74, 6) is 0.708. The van der Waals surface area contributed by atoms with E-state index in [-0.39, 0.29) is 16.8 Å². The normalized spacial score (nSPS) is 18.6. The minimum absolute atomic E-state index is 0.0321. The van der Waals surface area contributed by atoms with E-state index in [0.29, 0.717) is 17.4 Å².